The van der Waals surface area contributed by atoms with Crippen molar-refractivity contribution < 1.29 is 9.47 Å². The second-order valence-corrected chi connectivity index (χ2v) is 5.85. The van der Waals surface area contributed by atoms with Crippen LogP contribution in [0.3, 0.4) is 0 Å². The first-order valence-electron chi connectivity index (χ1n) is 6.15. The van der Waals surface area contributed by atoms with Crippen LogP contribution in [-0.2, 0) is 9.47 Å². The van der Waals surface area contributed by atoms with Crippen LogP contribution in [0.5, 0.6) is 0 Å². The summed E-state index contributed by atoms with van der Waals surface area (Å²) in [5.41, 5.74) is 1.69. The monoisotopic (exact) mass is 222 g/mol. The molecule has 0 fully saturated rings. The van der Waals surface area contributed by atoms with Crippen molar-refractivity contribution in [2.45, 2.75) is 59.7 Å². The summed E-state index contributed by atoms with van der Waals surface area (Å²) in [6.45, 7) is 10.9. The van der Waals surface area contributed by atoms with Crippen LogP contribution in [-0.4, -0.2) is 12.2 Å². The number of hydrogen-bond donors (Lipinski definition) is 0. The Labute approximate surface area is 98.3 Å². The van der Waals surface area contributed by atoms with Crippen molar-refractivity contribution in [3.8, 4) is 0 Å². The van der Waals surface area contributed by atoms with Crippen LogP contribution in [0.15, 0.2) is 23.2 Å². The first kappa shape index (κ1) is 11.6. The smallest absolute Gasteiger partial charge is 0.157 e. The van der Waals surface area contributed by atoms with Gasteiger partial charge in [-0.1, -0.05) is 26.3 Å². The second kappa shape index (κ2) is 3.83. The molecule has 0 amide bonds. The van der Waals surface area contributed by atoms with Crippen LogP contribution in [0, 0.1) is 5.41 Å². The summed E-state index contributed by atoms with van der Waals surface area (Å²) in [5, 5.41) is 0. The zero-order chi connectivity index (χ0) is 11.9. The molecule has 0 aromatic rings. The molecule has 2 rings (SSSR count). The minimum Gasteiger partial charge on any atom is -0.487 e. The van der Waals surface area contributed by atoms with Gasteiger partial charge in [0.2, 0.25) is 0 Å². The summed E-state index contributed by atoms with van der Waals surface area (Å²) in [5.74, 6) is 2.00. The highest BCUT2D eigenvalue weighted by Crippen LogP contribution is 2.38. The summed E-state index contributed by atoms with van der Waals surface area (Å²) >= 11 is 0. The fourth-order valence-electron chi connectivity index (χ4n) is 2.11. The SMILES string of the molecule is CC1OC2=C(CCC(C(C)(C)C)=C2)OC1C. The van der Waals surface area contributed by atoms with Gasteiger partial charge in [0.25, 0.3) is 0 Å². The summed E-state index contributed by atoms with van der Waals surface area (Å²) in [6, 6.07) is 0. The molecule has 0 saturated carbocycles. The van der Waals surface area contributed by atoms with Gasteiger partial charge in [-0.2, -0.15) is 0 Å². The normalized spacial score (nSPS) is 30.2. The first-order valence-corrected chi connectivity index (χ1v) is 6.15. The quantitative estimate of drug-likeness (QED) is 0.621. The maximum Gasteiger partial charge on any atom is 0.157 e. The molecule has 0 saturated heterocycles. The highest BCUT2D eigenvalue weighted by atomic mass is 16.6. The average molecular weight is 222 g/mol. The highest BCUT2D eigenvalue weighted by Gasteiger charge is 2.30. The maximum atomic E-state index is 5.91. The van der Waals surface area contributed by atoms with Gasteiger partial charge in [-0.15, -0.1) is 0 Å². The fraction of sp³-hybridized carbons (Fsp3) is 0.714. The lowest BCUT2D eigenvalue weighted by atomic mass is 9.81. The molecule has 90 valence electrons. The van der Waals surface area contributed by atoms with Gasteiger partial charge in [-0.3, -0.25) is 0 Å². The van der Waals surface area contributed by atoms with Crippen molar-refractivity contribution in [2.24, 2.45) is 5.41 Å². The maximum absolute atomic E-state index is 5.91. The van der Waals surface area contributed by atoms with Crippen molar-refractivity contribution in [3.05, 3.63) is 23.2 Å². The van der Waals surface area contributed by atoms with Crippen LogP contribution in [0.2, 0.25) is 0 Å². The molecule has 0 bridgehead atoms. The Morgan fingerprint density at radius 1 is 1.06 bits per heavy atom. The van der Waals surface area contributed by atoms with E-state index in [-0.39, 0.29) is 17.6 Å². The van der Waals surface area contributed by atoms with Crippen molar-refractivity contribution in [3.63, 3.8) is 0 Å². The van der Waals surface area contributed by atoms with E-state index in [1.165, 1.54) is 5.57 Å². The number of rotatable bonds is 0. The molecule has 2 aliphatic rings. The lowest BCUT2D eigenvalue weighted by Crippen LogP contribution is -2.32. The van der Waals surface area contributed by atoms with Gasteiger partial charge >= 0.3 is 0 Å². The van der Waals surface area contributed by atoms with E-state index in [0.29, 0.717) is 0 Å². The molecule has 0 aromatic heterocycles. The third-order valence-corrected chi connectivity index (χ3v) is 3.47. The molecule has 0 aromatic carbocycles. The highest BCUT2D eigenvalue weighted by molar-refractivity contribution is 5.31. The van der Waals surface area contributed by atoms with Gasteiger partial charge in [0.15, 0.2) is 5.76 Å². The molecular formula is C14H22O2. The molecular weight excluding hydrogens is 200 g/mol. The minimum absolute atomic E-state index is 0.148. The third-order valence-electron chi connectivity index (χ3n) is 3.47. The Kier molecular flexibility index (Phi) is 2.77. The van der Waals surface area contributed by atoms with Crippen molar-refractivity contribution in [2.75, 3.05) is 0 Å². The van der Waals surface area contributed by atoms with Gasteiger partial charge in [0, 0.05) is 6.42 Å². The van der Waals surface area contributed by atoms with Gasteiger partial charge in [0.05, 0.1) is 0 Å². The van der Waals surface area contributed by atoms with Crippen molar-refractivity contribution in [1.29, 1.82) is 0 Å². The molecule has 0 radical (unpaired) electrons. The second-order valence-electron chi connectivity index (χ2n) is 5.85. The molecule has 2 nitrogen and oxygen atoms in total. The Bertz CT molecular complexity index is 344. The molecule has 0 spiro atoms. The van der Waals surface area contributed by atoms with Gasteiger partial charge in [-0.25, -0.2) is 0 Å². The third kappa shape index (κ3) is 2.11. The zero-order valence-corrected chi connectivity index (χ0v) is 11.0. The molecule has 2 unspecified atom stereocenters. The van der Waals surface area contributed by atoms with Gasteiger partial charge in [-0.05, 0) is 31.8 Å². The summed E-state index contributed by atoms with van der Waals surface area (Å²) in [6.07, 6.45) is 4.57. The minimum atomic E-state index is 0.148. The van der Waals surface area contributed by atoms with Crippen LogP contribution in [0.1, 0.15) is 47.5 Å². The van der Waals surface area contributed by atoms with Crippen molar-refractivity contribution in [1.82, 2.24) is 0 Å². The van der Waals surface area contributed by atoms with E-state index < -0.39 is 0 Å². The standard InChI is InChI=1S/C14H22O2/c1-9-10(2)16-13-8-11(14(3,4)5)6-7-12(13)15-9/h8-10H,6-7H2,1-5H3. The predicted molar refractivity (Wildman–Crippen MR) is 64.9 cm³/mol. The molecule has 1 aliphatic heterocycles. The Morgan fingerprint density at radius 2 is 1.69 bits per heavy atom. The van der Waals surface area contributed by atoms with Crippen molar-refractivity contribution >= 4 is 0 Å². The summed E-state index contributed by atoms with van der Waals surface area (Å²) in [7, 11) is 0. The van der Waals surface area contributed by atoms with E-state index in [9.17, 15) is 0 Å². The van der Waals surface area contributed by atoms with E-state index in [0.717, 1.165) is 24.4 Å². The van der Waals surface area contributed by atoms with Crippen LogP contribution in [0.4, 0.5) is 0 Å². The predicted octanol–water partition coefficient (Wildman–Crippen LogP) is 3.79. The average Bonchev–Trinajstić information content (AvgIpc) is 2.17. The Balaban J connectivity index is 2.26. The summed E-state index contributed by atoms with van der Waals surface area (Å²) in [4.78, 5) is 0. The van der Waals surface area contributed by atoms with E-state index in [4.69, 9.17) is 9.47 Å². The van der Waals surface area contributed by atoms with Crippen LogP contribution >= 0.6 is 0 Å². The lowest BCUT2D eigenvalue weighted by Gasteiger charge is -2.35. The number of ether oxygens (including phenoxy) is 2. The van der Waals surface area contributed by atoms with Gasteiger partial charge in [0.1, 0.15) is 18.0 Å². The molecule has 16 heavy (non-hydrogen) atoms. The molecule has 2 atom stereocenters. The summed E-state index contributed by atoms with van der Waals surface area (Å²) < 4.78 is 11.8. The largest absolute Gasteiger partial charge is 0.487 e. The van der Waals surface area contributed by atoms with E-state index in [1.54, 1.807) is 0 Å². The molecule has 2 heteroatoms. The molecule has 0 N–H and O–H groups in total. The fourth-order valence-corrected chi connectivity index (χ4v) is 2.11. The zero-order valence-electron chi connectivity index (χ0n) is 11.0. The van der Waals surface area contributed by atoms with Gasteiger partial charge < -0.3 is 9.47 Å². The number of hydrogen-bond acceptors (Lipinski definition) is 2. The molecule has 1 aliphatic carbocycles. The van der Waals surface area contributed by atoms with E-state index >= 15 is 0 Å². The first-order chi connectivity index (χ1) is 7.38. The van der Waals surface area contributed by atoms with Crippen LogP contribution < -0.4 is 0 Å². The van der Waals surface area contributed by atoms with E-state index in [2.05, 4.69) is 40.7 Å². The Hall–Kier alpha value is -0.920. The Morgan fingerprint density at radius 3 is 2.31 bits per heavy atom. The molecule has 1 heterocycles. The van der Waals surface area contributed by atoms with Crippen LogP contribution in [0.25, 0.3) is 0 Å². The lowest BCUT2D eigenvalue weighted by molar-refractivity contribution is -0.0453. The topological polar surface area (TPSA) is 18.5 Å². The number of allylic oxidation sites excluding steroid dienone is 3. The van der Waals surface area contributed by atoms with E-state index in [1.807, 2.05) is 0 Å².